The second kappa shape index (κ2) is 4.48. The van der Waals surface area contributed by atoms with Gasteiger partial charge in [0.05, 0.1) is 18.4 Å². The molecule has 0 saturated heterocycles. The van der Waals surface area contributed by atoms with Crippen LogP contribution in [0.3, 0.4) is 0 Å². The van der Waals surface area contributed by atoms with Crippen molar-refractivity contribution in [3.8, 4) is 17.1 Å². The lowest BCUT2D eigenvalue weighted by Crippen LogP contribution is -2.11. The predicted molar refractivity (Wildman–Crippen MR) is 71.9 cm³/mol. The van der Waals surface area contributed by atoms with Crippen LogP contribution in [0.4, 0.5) is 0 Å². The quantitative estimate of drug-likeness (QED) is 0.803. The van der Waals surface area contributed by atoms with Gasteiger partial charge in [-0.25, -0.2) is 0 Å². The van der Waals surface area contributed by atoms with Gasteiger partial charge in [0.15, 0.2) is 5.76 Å². The van der Waals surface area contributed by atoms with Gasteiger partial charge in [0, 0.05) is 6.07 Å². The molecule has 18 heavy (non-hydrogen) atoms. The van der Waals surface area contributed by atoms with E-state index in [0.29, 0.717) is 0 Å². The molecular weight excluding hydrogens is 226 g/mol. The van der Waals surface area contributed by atoms with E-state index in [4.69, 9.17) is 9.26 Å². The second-order valence-electron chi connectivity index (χ2n) is 5.50. The van der Waals surface area contributed by atoms with Crippen molar-refractivity contribution in [1.29, 1.82) is 0 Å². The first-order valence-corrected chi connectivity index (χ1v) is 6.04. The largest absolute Gasteiger partial charge is 0.496 e. The summed E-state index contributed by atoms with van der Waals surface area (Å²) in [4.78, 5) is 0. The van der Waals surface area contributed by atoms with E-state index in [2.05, 4.69) is 38.1 Å². The molecule has 0 aliphatic heterocycles. The number of hydrogen-bond donors (Lipinski definition) is 0. The van der Waals surface area contributed by atoms with Gasteiger partial charge in [0.1, 0.15) is 5.75 Å². The standard InChI is InChI=1S/C15H19NO2/c1-10-8-14(18-16-10)12-9-11(15(2,3)4)6-7-13(12)17-5/h6-9H,1-5H3. The summed E-state index contributed by atoms with van der Waals surface area (Å²) in [6, 6.07) is 8.10. The van der Waals surface area contributed by atoms with Gasteiger partial charge >= 0.3 is 0 Å². The SMILES string of the molecule is COc1ccc(C(C)(C)C)cc1-c1cc(C)no1. The Morgan fingerprint density at radius 2 is 1.89 bits per heavy atom. The first kappa shape index (κ1) is 12.7. The molecule has 0 amide bonds. The average Bonchev–Trinajstić information content (AvgIpc) is 2.73. The molecular formula is C15H19NO2. The molecule has 0 aliphatic carbocycles. The summed E-state index contributed by atoms with van der Waals surface area (Å²) >= 11 is 0. The molecule has 0 unspecified atom stereocenters. The molecule has 1 aromatic heterocycles. The van der Waals surface area contributed by atoms with Gasteiger partial charge in [-0.15, -0.1) is 0 Å². The Labute approximate surface area is 108 Å². The number of rotatable bonds is 2. The molecule has 0 atom stereocenters. The molecule has 1 heterocycles. The third kappa shape index (κ3) is 2.40. The van der Waals surface area contributed by atoms with Gasteiger partial charge in [-0.05, 0) is 30.0 Å². The Balaban J connectivity index is 2.56. The van der Waals surface area contributed by atoms with E-state index in [1.807, 2.05) is 19.1 Å². The molecule has 0 bridgehead atoms. The number of aromatic nitrogens is 1. The third-order valence-electron chi connectivity index (χ3n) is 2.96. The predicted octanol–water partition coefficient (Wildman–Crippen LogP) is 3.96. The summed E-state index contributed by atoms with van der Waals surface area (Å²) in [5.74, 6) is 1.55. The Morgan fingerprint density at radius 3 is 2.39 bits per heavy atom. The fourth-order valence-electron chi connectivity index (χ4n) is 1.86. The van der Waals surface area contributed by atoms with E-state index in [0.717, 1.165) is 22.8 Å². The highest BCUT2D eigenvalue weighted by molar-refractivity contribution is 5.67. The van der Waals surface area contributed by atoms with E-state index < -0.39 is 0 Å². The summed E-state index contributed by atoms with van der Waals surface area (Å²) in [7, 11) is 1.67. The van der Waals surface area contributed by atoms with Crippen LogP contribution >= 0.6 is 0 Å². The van der Waals surface area contributed by atoms with Gasteiger partial charge in [0.2, 0.25) is 0 Å². The maximum atomic E-state index is 5.39. The molecule has 1 aromatic carbocycles. The molecule has 96 valence electrons. The number of methoxy groups -OCH3 is 1. The van der Waals surface area contributed by atoms with E-state index in [1.54, 1.807) is 7.11 Å². The van der Waals surface area contributed by atoms with E-state index in [-0.39, 0.29) is 5.41 Å². The fraction of sp³-hybridized carbons (Fsp3) is 0.400. The van der Waals surface area contributed by atoms with Crippen LogP contribution in [0.15, 0.2) is 28.8 Å². The minimum Gasteiger partial charge on any atom is -0.496 e. The van der Waals surface area contributed by atoms with Gasteiger partial charge in [0.25, 0.3) is 0 Å². The van der Waals surface area contributed by atoms with Crippen LogP contribution in [-0.4, -0.2) is 12.3 Å². The minimum absolute atomic E-state index is 0.0933. The summed E-state index contributed by atoms with van der Waals surface area (Å²) in [6.45, 7) is 8.46. The van der Waals surface area contributed by atoms with Crippen molar-refractivity contribution in [2.45, 2.75) is 33.1 Å². The highest BCUT2D eigenvalue weighted by Crippen LogP contribution is 2.34. The van der Waals surface area contributed by atoms with Crippen molar-refractivity contribution >= 4 is 0 Å². The smallest absolute Gasteiger partial charge is 0.170 e. The van der Waals surface area contributed by atoms with Crippen LogP contribution in [0.2, 0.25) is 0 Å². The van der Waals surface area contributed by atoms with Gasteiger partial charge in [-0.3, -0.25) is 0 Å². The summed E-state index contributed by atoms with van der Waals surface area (Å²) in [5, 5.41) is 3.93. The summed E-state index contributed by atoms with van der Waals surface area (Å²) in [6.07, 6.45) is 0. The van der Waals surface area contributed by atoms with Crippen molar-refractivity contribution in [3.63, 3.8) is 0 Å². The summed E-state index contributed by atoms with van der Waals surface area (Å²) < 4.78 is 10.7. The lowest BCUT2D eigenvalue weighted by molar-refractivity contribution is 0.404. The molecule has 0 aliphatic rings. The molecule has 0 saturated carbocycles. The Bertz CT molecular complexity index is 550. The zero-order valence-electron chi connectivity index (χ0n) is 11.6. The Kier molecular flexibility index (Phi) is 3.16. The molecule has 0 fully saturated rings. The Hall–Kier alpha value is -1.77. The average molecular weight is 245 g/mol. The zero-order chi connectivity index (χ0) is 13.3. The molecule has 3 nitrogen and oxygen atoms in total. The highest BCUT2D eigenvalue weighted by Gasteiger charge is 2.18. The molecule has 0 N–H and O–H groups in total. The first-order valence-electron chi connectivity index (χ1n) is 6.04. The lowest BCUT2D eigenvalue weighted by Gasteiger charge is -2.20. The van der Waals surface area contributed by atoms with E-state index in [9.17, 15) is 0 Å². The molecule has 3 heteroatoms. The number of aryl methyl sites for hydroxylation is 1. The number of hydrogen-bond acceptors (Lipinski definition) is 3. The molecule has 0 radical (unpaired) electrons. The van der Waals surface area contributed by atoms with E-state index >= 15 is 0 Å². The first-order chi connectivity index (χ1) is 8.41. The maximum Gasteiger partial charge on any atom is 0.170 e. The molecule has 2 aromatic rings. The minimum atomic E-state index is 0.0933. The lowest BCUT2D eigenvalue weighted by atomic mass is 9.86. The maximum absolute atomic E-state index is 5.39. The van der Waals surface area contributed by atoms with Crippen molar-refractivity contribution in [1.82, 2.24) is 5.16 Å². The van der Waals surface area contributed by atoms with Crippen LogP contribution in [0.5, 0.6) is 5.75 Å². The van der Waals surface area contributed by atoms with E-state index in [1.165, 1.54) is 5.56 Å². The number of nitrogens with zero attached hydrogens (tertiary/aromatic N) is 1. The second-order valence-corrected chi connectivity index (χ2v) is 5.50. The number of ether oxygens (including phenoxy) is 1. The highest BCUT2D eigenvalue weighted by atomic mass is 16.5. The third-order valence-corrected chi connectivity index (χ3v) is 2.96. The van der Waals surface area contributed by atoms with Crippen LogP contribution in [0.1, 0.15) is 32.0 Å². The topological polar surface area (TPSA) is 35.3 Å². The van der Waals surface area contributed by atoms with Crippen molar-refractivity contribution in [2.24, 2.45) is 0 Å². The van der Waals surface area contributed by atoms with Gasteiger partial charge in [-0.1, -0.05) is 32.0 Å². The molecule has 2 rings (SSSR count). The van der Waals surface area contributed by atoms with Crippen LogP contribution < -0.4 is 4.74 Å². The van der Waals surface area contributed by atoms with Crippen LogP contribution in [0, 0.1) is 6.92 Å². The monoisotopic (exact) mass is 245 g/mol. The number of benzene rings is 1. The fourth-order valence-corrected chi connectivity index (χ4v) is 1.86. The van der Waals surface area contributed by atoms with Gasteiger partial charge in [-0.2, -0.15) is 0 Å². The summed E-state index contributed by atoms with van der Waals surface area (Å²) in [5.41, 5.74) is 3.15. The van der Waals surface area contributed by atoms with Crippen LogP contribution in [0.25, 0.3) is 11.3 Å². The zero-order valence-corrected chi connectivity index (χ0v) is 11.6. The van der Waals surface area contributed by atoms with Crippen molar-refractivity contribution in [3.05, 3.63) is 35.5 Å². The van der Waals surface area contributed by atoms with Crippen molar-refractivity contribution < 1.29 is 9.26 Å². The molecule has 0 spiro atoms. The Morgan fingerprint density at radius 1 is 1.17 bits per heavy atom. The van der Waals surface area contributed by atoms with Gasteiger partial charge < -0.3 is 9.26 Å². The normalized spacial score (nSPS) is 11.6. The van der Waals surface area contributed by atoms with Crippen LogP contribution in [-0.2, 0) is 5.41 Å². The van der Waals surface area contributed by atoms with Crippen molar-refractivity contribution in [2.75, 3.05) is 7.11 Å².